The van der Waals surface area contributed by atoms with E-state index in [1.54, 1.807) is 36.5 Å². The van der Waals surface area contributed by atoms with E-state index in [2.05, 4.69) is 15.3 Å². The van der Waals surface area contributed by atoms with Gasteiger partial charge < -0.3 is 19.6 Å². The Kier molecular flexibility index (Phi) is 7.28. The molecule has 0 spiro atoms. The van der Waals surface area contributed by atoms with Crippen molar-refractivity contribution in [3.63, 3.8) is 0 Å². The Morgan fingerprint density at radius 2 is 1.68 bits per heavy atom. The molecule has 2 aromatic heterocycles. The van der Waals surface area contributed by atoms with E-state index in [1.807, 2.05) is 68.4 Å². The van der Waals surface area contributed by atoms with Crippen LogP contribution in [0.3, 0.4) is 0 Å². The summed E-state index contributed by atoms with van der Waals surface area (Å²) in [6, 6.07) is 26.1. The van der Waals surface area contributed by atoms with Crippen LogP contribution in [0.1, 0.15) is 34.1 Å². The number of carbonyl (C=O) groups is 1. The second kappa shape index (κ2) is 11.1. The van der Waals surface area contributed by atoms with Gasteiger partial charge >= 0.3 is 0 Å². The number of amides is 1. The molecule has 38 heavy (non-hydrogen) atoms. The van der Waals surface area contributed by atoms with Crippen LogP contribution in [0.5, 0.6) is 11.5 Å². The molecule has 3 aromatic carbocycles. The summed E-state index contributed by atoms with van der Waals surface area (Å²) in [4.78, 5) is 22.5. The number of hydrogen-bond acceptors (Lipinski definition) is 6. The molecule has 0 aliphatic heterocycles. The average molecular weight is 506 g/mol. The number of hydrogen-bond donors (Lipinski definition) is 2. The van der Waals surface area contributed by atoms with E-state index in [-0.39, 0.29) is 23.6 Å². The van der Waals surface area contributed by atoms with Crippen molar-refractivity contribution in [1.29, 1.82) is 0 Å². The lowest BCUT2D eigenvalue weighted by Crippen LogP contribution is -2.22. The maximum absolute atomic E-state index is 13.5. The van der Waals surface area contributed by atoms with Gasteiger partial charge in [-0.25, -0.2) is 4.99 Å². The van der Waals surface area contributed by atoms with E-state index in [0.29, 0.717) is 33.7 Å². The first kappa shape index (κ1) is 24.9. The Labute approximate surface area is 220 Å². The number of benzene rings is 3. The molecule has 0 atom stereocenters. The van der Waals surface area contributed by atoms with Crippen molar-refractivity contribution in [1.82, 2.24) is 4.98 Å². The minimum Gasteiger partial charge on any atom is -0.457 e. The van der Waals surface area contributed by atoms with Crippen LogP contribution in [-0.2, 0) is 13.0 Å². The van der Waals surface area contributed by atoms with Crippen molar-refractivity contribution >= 4 is 28.3 Å². The molecule has 1 amide bonds. The second-order valence-electron chi connectivity index (χ2n) is 8.72. The third-order valence-corrected chi connectivity index (χ3v) is 6.16. The predicted octanol–water partition coefficient (Wildman–Crippen LogP) is 6.47. The Bertz CT molecular complexity index is 1660. The van der Waals surface area contributed by atoms with E-state index >= 15 is 0 Å². The molecule has 0 fully saturated rings. The second-order valence-corrected chi connectivity index (χ2v) is 8.72. The van der Waals surface area contributed by atoms with Gasteiger partial charge in [0.2, 0.25) is 5.55 Å². The number of aliphatic hydroxyl groups is 1. The molecular formula is C31H27N3O4. The molecule has 0 radical (unpaired) electrons. The van der Waals surface area contributed by atoms with Crippen molar-refractivity contribution in [3.05, 3.63) is 119 Å². The Hall–Kier alpha value is -4.75. The quantitative estimate of drug-likeness (QED) is 0.264. The van der Waals surface area contributed by atoms with Crippen LogP contribution in [0.4, 0.5) is 11.4 Å². The van der Waals surface area contributed by atoms with Crippen LogP contribution in [0.25, 0.3) is 11.0 Å². The summed E-state index contributed by atoms with van der Waals surface area (Å²) < 4.78 is 12.1. The number of aryl methyl sites for hydroxylation is 2. The average Bonchev–Trinajstić information content (AvgIpc) is 2.95. The van der Waals surface area contributed by atoms with E-state index in [1.165, 1.54) is 0 Å². The van der Waals surface area contributed by atoms with Gasteiger partial charge in [-0.2, -0.15) is 0 Å². The zero-order valence-corrected chi connectivity index (χ0v) is 21.1. The fraction of sp³-hybridized carbons (Fsp3) is 0.129. The van der Waals surface area contributed by atoms with Gasteiger partial charge in [0.05, 0.1) is 18.0 Å². The molecule has 0 bridgehead atoms. The van der Waals surface area contributed by atoms with E-state index in [9.17, 15) is 9.90 Å². The molecule has 0 aliphatic carbocycles. The predicted molar refractivity (Wildman–Crippen MR) is 147 cm³/mol. The Morgan fingerprint density at radius 1 is 0.974 bits per heavy atom. The molecule has 2 heterocycles. The highest BCUT2D eigenvalue weighted by molar-refractivity contribution is 6.06. The summed E-state index contributed by atoms with van der Waals surface area (Å²) in [5.41, 5.74) is 4.36. The van der Waals surface area contributed by atoms with Crippen molar-refractivity contribution in [2.75, 3.05) is 5.32 Å². The summed E-state index contributed by atoms with van der Waals surface area (Å²) >= 11 is 0. The first-order valence-corrected chi connectivity index (χ1v) is 12.4. The van der Waals surface area contributed by atoms with Crippen molar-refractivity contribution in [2.24, 2.45) is 4.99 Å². The normalized spacial score (nSPS) is 11.5. The molecule has 0 aliphatic rings. The highest BCUT2D eigenvalue weighted by Crippen LogP contribution is 2.25. The Balaban J connectivity index is 1.58. The lowest BCUT2D eigenvalue weighted by atomic mass is 10.1. The molecule has 2 N–H and O–H groups in total. The van der Waals surface area contributed by atoms with Crippen molar-refractivity contribution < 1.29 is 19.1 Å². The third-order valence-electron chi connectivity index (χ3n) is 6.16. The highest BCUT2D eigenvalue weighted by Gasteiger charge is 2.17. The van der Waals surface area contributed by atoms with E-state index in [0.717, 1.165) is 23.4 Å². The highest BCUT2D eigenvalue weighted by atomic mass is 16.5. The van der Waals surface area contributed by atoms with Crippen molar-refractivity contribution in [2.45, 2.75) is 26.9 Å². The lowest BCUT2D eigenvalue weighted by molar-refractivity contribution is 0.102. The summed E-state index contributed by atoms with van der Waals surface area (Å²) in [5.74, 6) is 1.03. The number of aliphatic hydroxyl groups excluding tert-OH is 1. The molecule has 0 saturated carbocycles. The van der Waals surface area contributed by atoms with Gasteiger partial charge in [-0.3, -0.25) is 9.78 Å². The van der Waals surface area contributed by atoms with E-state index in [4.69, 9.17) is 9.15 Å². The molecule has 5 rings (SSSR count). The van der Waals surface area contributed by atoms with E-state index < -0.39 is 0 Å². The van der Waals surface area contributed by atoms with Gasteiger partial charge in [-0.05, 0) is 67.4 Å². The summed E-state index contributed by atoms with van der Waals surface area (Å²) in [5, 5.41) is 13.5. The number of anilines is 1. The molecule has 0 saturated heterocycles. The van der Waals surface area contributed by atoms with Crippen LogP contribution < -0.4 is 15.6 Å². The van der Waals surface area contributed by atoms with Gasteiger partial charge in [-0.15, -0.1) is 0 Å². The molecule has 5 aromatic rings. The van der Waals surface area contributed by atoms with Gasteiger partial charge in [0.1, 0.15) is 17.1 Å². The minimum absolute atomic E-state index is 0.140. The molecule has 190 valence electrons. The monoisotopic (exact) mass is 505 g/mol. The maximum Gasteiger partial charge on any atom is 0.261 e. The summed E-state index contributed by atoms with van der Waals surface area (Å²) in [7, 11) is 0. The number of nitrogens with zero attached hydrogens (tertiary/aromatic N) is 2. The summed E-state index contributed by atoms with van der Waals surface area (Å²) in [6.07, 6.45) is 2.36. The number of pyridine rings is 1. The molecule has 0 unspecified atom stereocenters. The molecular weight excluding hydrogens is 478 g/mol. The van der Waals surface area contributed by atoms with Crippen LogP contribution in [0.2, 0.25) is 0 Å². The smallest absolute Gasteiger partial charge is 0.261 e. The number of fused-ring (bicyclic) bond motifs is 1. The van der Waals surface area contributed by atoms with Crippen LogP contribution in [-0.4, -0.2) is 16.0 Å². The van der Waals surface area contributed by atoms with Gasteiger partial charge in [0, 0.05) is 22.8 Å². The molecule has 7 heteroatoms. The number of nitrogens with one attached hydrogen (secondary N) is 1. The number of ether oxygens (including phenoxy) is 1. The number of rotatable bonds is 7. The lowest BCUT2D eigenvalue weighted by Gasteiger charge is -2.12. The standard InChI is InChI=1S/C31H27N3O4/c1-3-21-9-7-8-12-28(21)34-30(36)27-17-26-22(19-35)18-32-20(2)29(26)38-31(27)33-23-13-15-25(16-14-23)37-24-10-5-4-6-11-24/h4-18,35H,3,19H2,1-2H3,(H,34,36). The molecule has 7 nitrogen and oxygen atoms in total. The van der Waals surface area contributed by atoms with Gasteiger partial charge in [0.25, 0.3) is 5.91 Å². The van der Waals surface area contributed by atoms with Crippen LogP contribution in [0, 0.1) is 6.92 Å². The number of aromatic nitrogens is 1. The SMILES string of the molecule is CCc1ccccc1NC(=O)c1cc2c(CO)cnc(C)c2oc1=Nc1ccc(Oc2ccccc2)cc1. The topological polar surface area (TPSA) is 97.0 Å². The van der Waals surface area contributed by atoms with Crippen LogP contribution >= 0.6 is 0 Å². The first-order valence-electron chi connectivity index (χ1n) is 12.4. The van der Waals surface area contributed by atoms with Gasteiger partial charge in [-0.1, -0.05) is 43.3 Å². The van der Waals surface area contributed by atoms with Crippen LogP contribution in [0.15, 0.2) is 101 Å². The number of carbonyl (C=O) groups excluding carboxylic acids is 1. The fourth-order valence-corrected chi connectivity index (χ4v) is 4.13. The Morgan fingerprint density at radius 3 is 2.42 bits per heavy atom. The zero-order chi connectivity index (χ0) is 26.5. The zero-order valence-electron chi connectivity index (χ0n) is 21.1. The number of para-hydroxylation sites is 2. The maximum atomic E-state index is 13.5. The summed E-state index contributed by atoms with van der Waals surface area (Å²) in [6.45, 7) is 3.60. The first-order chi connectivity index (χ1) is 18.6. The van der Waals surface area contributed by atoms with Gasteiger partial charge in [0.15, 0.2) is 5.58 Å². The largest absolute Gasteiger partial charge is 0.457 e. The van der Waals surface area contributed by atoms with Crippen molar-refractivity contribution in [3.8, 4) is 11.5 Å². The third kappa shape index (κ3) is 5.33. The fourth-order valence-electron chi connectivity index (χ4n) is 4.13. The minimum atomic E-state index is -0.363.